The van der Waals surface area contributed by atoms with Crippen molar-refractivity contribution in [2.24, 2.45) is 5.73 Å². The van der Waals surface area contributed by atoms with Gasteiger partial charge in [0, 0.05) is 29.8 Å². The first kappa shape index (κ1) is 23.3. The number of rotatable bonds is 5. The van der Waals surface area contributed by atoms with E-state index in [-0.39, 0.29) is 23.2 Å². The summed E-state index contributed by atoms with van der Waals surface area (Å²) in [5.74, 6) is -1.52. The Balaban J connectivity index is 1.75. The van der Waals surface area contributed by atoms with Crippen molar-refractivity contribution in [1.29, 1.82) is 0 Å². The maximum Gasteiger partial charge on any atom is 0.417 e. The van der Waals surface area contributed by atoms with E-state index >= 15 is 0 Å². The maximum atomic E-state index is 13.2. The van der Waals surface area contributed by atoms with E-state index in [1.54, 1.807) is 0 Å². The first-order valence-electron chi connectivity index (χ1n) is 9.76. The number of amides is 3. The number of carbonyl (C=O) groups is 3. The van der Waals surface area contributed by atoms with Crippen LogP contribution in [0.1, 0.15) is 25.3 Å². The van der Waals surface area contributed by atoms with Crippen LogP contribution in [0, 0.1) is 0 Å². The third kappa shape index (κ3) is 5.07. The minimum atomic E-state index is -4.75. The fourth-order valence-corrected chi connectivity index (χ4v) is 3.46. The van der Waals surface area contributed by atoms with E-state index in [0.717, 1.165) is 12.1 Å². The highest BCUT2D eigenvalue weighted by molar-refractivity contribution is 5.99. The number of nitrogens with two attached hydrogens (primary N) is 1. The smallest absolute Gasteiger partial charge is 0.417 e. The van der Waals surface area contributed by atoms with Gasteiger partial charge in [-0.2, -0.15) is 13.2 Å². The van der Waals surface area contributed by atoms with Crippen molar-refractivity contribution in [2.75, 3.05) is 18.4 Å². The highest BCUT2D eigenvalue weighted by atomic mass is 19.4. The number of anilines is 1. The second-order valence-electron chi connectivity index (χ2n) is 7.43. The van der Waals surface area contributed by atoms with Crippen LogP contribution in [0.15, 0.2) is 33.5 Å². The lowest BCUT2D eigenvalue weighted by Gasteiger charge is -2.24. The summed E-state index contributed by atoms with van der Waals surface area (Å²) in [6.45, 7) is 1.47. The molecule has 2 aromatic rings. The van der Waals surface area contributed by atoms with Crippen molar-refractivity contribution in [3.05, 3.63) is 40.2 Å². The Kier molecular flexibility index (Phi) is 6.53. The molecule has 1 aromatic heterocycles. The largest absolute Gasteiger partial charge is 0.423 e. The highest BCUT2D eigenvalue weighted by Crippen LogP contribution is 2.34. The molecule has 0 saturated carbocycles. The molecule has 4 N–H and O–H groups in total. The molecule has 1 aliphatic heterocycles. The average molecular weight is 454 g/mol. The number of fused-ring (bicyclic) bond motifs is 1. The van der Waals surface area contributed by atoms with Crippen LogP contribution in [-0.2, 0) is 20.6 Å². The number of hydrogen-bond acceptors (Lipinski definition) is 6. The normalized spacial score (nSPS) is 17.3. The second-order valence-corrected chi connectivity index (χ2v) is 7.43. The van der Waals surface area contributed by atoms with Gasteiger partial charge in [-0.3, -0.25) is 14.4 Å². The van der Waals surface area contributed by atoms with Gasteiger partial charge in [-0.05, 0) is 31.9 Å². The Morgan fingerprint density at radius 2 is 2.00 bits per heavy atom. The number of carbonyl (C=O) groups excluding carboxylic acids is 3. The van der Waals surface area contributed by atoms with Gasteiger partial charge in [0.15, 0.2) is 0 Å². The number of alkyl halides is 3. The molecule has 172 valence electrons. The van der Waals surface area contributed by atoms with E-state index in [9.17, 15) is 32.3 Å². The first-order valence-corrected chi connectivity index (χ1v) is 9.76. The molecule has 2 heterocycles. The number of benzene rings is 1. The lowest BCUT2D eigenvalue weighted by molar-refractivity contribution is -0.137. The molecule has 1 fully saturated rings. The summed E-state index contributed by atoms with van der Waals surface area (Å²) >= 11 is 0. The molecular formula is C20H21F3N4O5. The molecule has 0 radical (unpaired) electrons. The standard InChI is InChI=1S/C20H21F3N4O5/c1-10(24)18(30)25-9-16(28)27-6-2-3-14(27)19(31)26-11-4-5-12-13(20(21,22)23)8-17(29)32-15(12)7-11/h4-5,7-8,10,14H,2-3,6,9,24H2,1H3,(H,25,30)(H,26,31)/t10-,14-/m0/s1. The highest BCUT2D eigenvalue weighted by Gasteiger charge is 2.35. The van der Waals surface area contributed by atoms with Crippen LogP contribution in [0.4, 0.5) is 18.9 Å². The predicted molar refractivity (Wildman–Crippen MR) is 108 cm³/mol. The summed E-state index contributed by atoms with van der Waals surface area (Å²) in [7, 11) is 0. The number of likely N-dealkylation sites (tertiary alicyclic amines) is 1. The molecule has 32 heavy (non-hydrogen) atoms. The van der Waals surface area contributed by atoms with Gasteiger partial charge in [0.05, 0.1) is 18.2 Å². The monoisotopic (exact) mass is 454 g/mol. The van der Waals surface area contributed by atoms with Gasteiger partial charge in [0.1, 0.15) is 11.6 Å². The van der Waals surface area contributed by atoms with E-state index in [4.69, 9.17) is 10.2 Å². The number of halogens is 3. The van der Waals surface area contributed by atoms with Gasteiger partial charge in [-0.1, -0.05) is 0 Å². The van der Waals surface area contributed by atoms with E-state index in [1.807, 2.05) is 0 Å². The van der Waals surface area contributed by atoms with Gasteiger partial charge in [-0.25, -0.2) is 4.79 Å². The quantitative estimate of drug-likeness (QED) is 0.582. The molecule has 0 unspecified atom stereocenters. The van der Waals surface area contributed by atoms with Crippen LogP contribution in [0.5, 0.6) is 0 Å². The fraction of sp³-hybridized carbons (Fsp3) is 0.400. The third-order valence-electron chi connectivity index (χ3n) is 5.02. The van der Waals surface area contributed by atoms with Crippen molar-refractivity contribution >= 4 is 34.4 Å². The van der Waals surface area contributed by atoms with Crippen molar-refractivity contribution in [1.82, 2.24) is 10.2 Å². The van der Waals surface area contributed by atoms with E-state index in [1.165, 1.54) is 17.9 Å². The SMILES string of the molecule is C[C@H](N)C(=O)NCC(=O)N1CCC[C@H]1C(=O)Nc1ccc2c(C(F)(F)F)cc(=O)oc2c1. The summed E-state index contributed by atoms with van der Waals surface area (Å²) in [5, 5.41) is 4.61. The molecule has 0 spiro atoms. The van der Waals surface area contributed by atoms with E-state index < -0.39 is 47.2 Å². The van der Waals surface area contributed by atoms with Gasteiger partial charge < -0.3 is 25.7 Å². The lowest BCUT2D eigenvalue weighted by atomic mass is 10.1. The van der Waals surface area contributed by atoms with Crippen LogP contribution >= 0.6 is 0 Å². The van der Waals surface area contributed by atoms with Crippen LogP contribution in [-0.4, -0.2) is 47.8 Å². The van der Waals surface area contributed by atoms with Gasteiger partial charge in [0.25, 0.3) is 0 Å². The van der Waals surface area contributed by atoms with Crippen LogP contribution in [0.2, 0.25) is 0 Å². The summed E-state index contributed by atoms with van der Waals surface area (Å²) in [5.41, 5.74) is 2.89. The molecule has 1 aliphatic rings. The van der Waals surface area contributed by atoms with Crippen molar-refractivity contribution in [3.8, 4) is 0 Å². The minimum Gasteiger partial charge on any atom is -0.423 e. The molecule has 1 saturated heterocycles. The van der Waals surface area contributed by atoms with Crippen molar-refractivity contribution in [3.63, 3.8) is 0 Å². The van der Waals surface area contributed by atoms with Crippen molar-refractivity contribution in [2.45, 2.75) is 38.0 Å². The van der Waals surface area contributed by atoms with Crippen LogP contribution < -0.4 is 22.0 Å². The molecule has 3 amide bonds. The van der Waals surface area contributed by atoms with E-state index in [0.29, 0.717) is 25.5 Å². The molecule has 12 heteroatoms. The number of nitrogens with one attached hydrogen (secondary N) is 2. The minimum absolute atomic E-state index is 0.106. The zero-order valence-electron chi connectivity index (χ0n) is 17.0. The van der Waals surface area contributed by atoms with Crippen LogP contribution in [0.3, 0.4) is 0 Å². The summed E-state index contributed by atoms with van der Waals surface area (Å²) in [6.07, 6.45) is -3.81. The molecule has 0 bridgehead atoms. The lowest BCUT2D eigenvalue weighted by Crippen LogP contribution is -2.49. The van der Waals surface area contributed by atoms with Gasteiger partial charge in [-0.15, -0.1) is 0 Å². The Morgan fingerprint density at radius 3 is 2.66 bits per heavy atom. The first-order chi connectivity index (χ1) is 15.0. The summed E-state index contributed by atoms with van der Waals surface area (Å²) < 4.78 is 44.4. The molecule has 1 aromatic carbocycles. The van der Waals surface area contributed by atoms with Gasteiger partial charge in [0.2, 0.25) is 17.7 Å². The third-order valence-corrected chi connectivity index (χ3v) is 5.02. The topological polar surface area (TPSA) is 135 Å². The Labute approximate surface area is 179 Å². The van der Waals surface area contributed by atoms with Gasteiger partial charge >= 0.3 is 11.8 Å². The molecule has 3 rings (SSSR count). The Hall–Kier alpha value is -3.41. The molecular weight excluding hydrogens is 433 g/mol. The number of hydrogen-bond donors (Lipinski definition) is 3. The summed E-state index contributed by atoms with van der Waals surface area (Å²) in [6, 6.07) is 2.22. The molecule has 0 aliphatic carbocycles. The Morgan fingerprint density at radius 1 is 1.28 bits per heavy atom. The zero-order chi connectivity index (χ0) is 23.6. The fourth-order valence-electron chi connectivity index (χ4n) is 3.46. The maximum absolute atomic E-state index is 13.2. The average Bonchev–Trinajstić information content (AvgIpc) is 3.20. The number of nitrogens with zero attached hydrogens (tertiary/aromatic N) is 1. The predicted octanol–water partition coefficient (Wildman–Crippen LogP) is 1.20. The zero-order valence-corrected chi connectivity index (χ0v) is 17.0. The molecule has 2 atom stereocenters. The second kappa shape index (κ2) is 8.99. The summed E-state index contributed by atoms with van der Waals surface area (Å²) in [4.78, 5) is 49.5. The Bertz CT molecular complexity index is 1110. The van der Waals surface area contributed by atoms with Crippen LogP contribution in [0.25, 0.3) is 11.0 Å². The van der Waals surface area contributed by atoms with E-state index in [2.05, 4.69) is 10.6 Å². The van der Waals surface area contributed by atoms with Crippen molar-refractivity contribution < 1.29 is 32.0 Å². The molecule has 9 nitrogen and oxygen atoms in total.